The Morgan fingerprint density at radius 1 is 1.22 bits per heavy atom. The molecule has 9 heteroatoms. The fraction of sp³-hybridized carbons (Fsp3) is 0.222. The first kappa shape index (κ1) is 19.7. The van der Waals surface area contributed by atoms with Crippen molar-refractivity contribution in [2.45, 2.75) is 24.8 Å². The maximum Gasteiger partial charge on any atom is 0.263 e. The average molecular weight is 427 g/mol. The van der Waals surface area contributed by atoms with Crippen LogP contribution in [0.2, 0.25) is 5.02 Å². The van der Waals surface area contributed by atoms with Gasteiger partial charge in [0, 0.05) is 11.6 Å². The third-order valence-electron chi connectivity index (χ3n) is 3.80. The van der Waals surface area contributed by atoms with Crippen LogP contribution in [0.1, 0.15) is 13.3 Å². The molecule has 1 amide bonds. The monoisotopic (exact) mass is 426 g/mol. The van der Waals surface area contributed by atoms with Crippen molar-refractivity contribution in [3.05, 3.63) is 58.1 Å². The second-order valence-electron chi connectivity index (χ2n) is 5.87. The molecule has 0 N–H and O–H groups in total. The summed E-state index contributed by atoms with van der Waals surface area (Å²) in [6.07, 6.45) is 0.823. The molecule has 142 valence electrons. The number of aryl methyl sites for hydroxylation is 1. The summed E-state index contributed by atoms with van der Waals surface area (Å²) in [4.78, 5) is 16.6. The Kier molecular flexibility index (Phi) is 5.78. The molecule has 0 bridgehead atoms. The van der Waals surface area contributed by atoms with Crippen LogP contribution in [0, 0.1) is 5.82 Å². The number of carbonyl (C=O) groups excluding carboxylic acids is 1. The lowest BCUT2D eigenvalue weighted by Crippen LogP contribution is -2.21. The number of nitrogens with zero attached hydrogens (tertiary/aromatic N) is 2. The van der Waals surface area contributed by atoms with E-state index in [1.807, 2.05) is 17.6 Å². The number of benzene rings is 2. The van der Waals surface area contributed by atoms with Crippen molar-refractivity contribution in [2.24, 2.45) is 4.99 Å². The van der Waals surface area contributed by atoms with Crippen LogP contribution in [-0.4, -0.2) is 24.6 Å². The van der Waals surface area contributed by atoms with Gasteiger partial charge in [-0.15, -0.1) is 0 Å². The zero-order valence-corrected chi connectivity index (χ0v) is 16.7. The van der Waals surface area contributed by atoms with Crippen LogP contribution in [0.3, 0.4) is 0 Å². The lowest BCUT2D eigenvalue weighted by Gasteiger charge is -2.03. The molecule has 3 rings (SSSR count). The van der Waals surface area contributed by atoms with Crippen LogP contribution in [0.5, 0.6) is 0 Å². The molecule has 27 heavy (non-hydrogen) atoms. The Labute approximate surface area is 164 Å². The highest BCUT2D eigenvalue weighted by Crippen LogP contribution is 2.22. The molecule has 3 aromatic rings. The van der Waals surface area contributed by atoms with Gasteiger partial charge in [-0.3, -0.25) is 4.79 Å². The van der Waals surface area contributed by atoms with E-state index in [9.17, 15) is 17.6 Å². The SMILES string of the molecule is CCCn1c(=NC(=O)CS(=O)(=O)c2ccc(F)cc2)sc2cc(Cl)ccc21. The molecule has 0 aliphatic rings. The Bertz CT molecular complexity index is 1170. The van der Waals surface area contributed by atoms with Crippen LogP contribution in [0.15, 0.2) is 52.4 Å². The van der Waals surface area contributed by atoms with Gasteiger partial charge in [-0.25, -0.2) is 12.8 Å². The highest BCUT2D eigenvalue weighted by Gasteiger charge is 2.19. The summed E-state index contributed by atoms with van der Waals surface area (Å²) in [5, 5.41) is 0.573. The van der Waals surface area contributed by atoms with E-state index in [4.69, 9.17) is 11.6 Å². The maximum absolute atomic E-state index is 13.0. The predicted molar refractivity (Wildman–Crippen MR) is 104 cm³/mol. The predicted octanol–water partition coefficient (Wildman–Crippen LogP) is 3.81. The maximum atomic E-state index is 13.0. The number of halogens is 2. The van der Waals surface area contributed by atoms with Gasteiger partial charge in [0.1, 0.15) is 11.6 Å². The third kappa shape index (κ3) is 4.45. The minimum atomic E-state index is -3.89. The van der Waals surface area contributed by atoms with Crippen molar-refractivity contribution in [3.8, 4) is 0 Å². The number of rotatable bonds is 5. The molecule has 2 aromatic carbocycles. The molecule has 0 aliphatic carbocycles. The molecule has 1 aromatic heterocycles. The van der Waals surface area contributed by atoms with Crippen molar-refractivity contribution in [2.75, 3.05) is 5.75 Å². The zero-order valence-electron chi connectivity index (χ0n) is 14.4. The summed E-state index contributed by atoms with van der Waals surface area (Å²) < 4.78 is 40.4. The Hall–Kier alpha value is -2.03. The topological polar surface area (TPSA) is 68.5 Å². The Morgan fingerprint density at radius 3 is 2.59 bits per heavy atom. The fourth-order valence-corrected chi connectivity index (χ4v) is 5.06. The van der Waals surface area contributed by atoms with E-state index in [1.54, 1.807) is 12.1 Å². The second kappa shape index (κ2) is 7.92. The molecule has 0 spiro atoms. The molecule has 0 unspecified atom stereocenters. The number of thiazole rings is 1. The van der Waals surface area contributed by atoms with Crippen LogP contribution >= 0.6 is 22.9 Å². The minimum Gasteiger partial charge on any atom is -0.316 e. The molecule has 0 radical (unpaired) electrons. The molecule has 0 fully saturated rings. The highest BCUT2D eigenvalue weighted by atomic mass is 35.5. The zero-order chi connectivity index (χ0) is 19.6. The fourth-order valence-electron chi connectivity index (χ4n) is 2.60. The van der Waals surface area contributed by atoms with Gasteiger partial charge >= 0.3 is 0 Å². The van der Waals surface area contributed by atoms with E-state index in [1.165, 1.54) is 11.3 Å². The number of fused-ring (bicyclic) bond motifs is 1. The van der Waals surface area contributed by atoms with E-state index in [0.717, 1.165) is 40.9 Å². The third-order valence-corrected chi connectivity index (χ3v) is 6.69. The largest absolute Gasteiger partial charge is 0.316 e. The normalized spacial score (nSPS) is 12.6. The van der Waals surface area contributed by atoms with Crippen molar-refractivity contribution >= 4 is 48.9 Å². The lowest BCUT2D eigenvalue weighted by atomic mass is 10.3. The van der Waals surface area contributed by atoms with E-state index in [0.29, 0.717) is 16.4 Å². The average Bonchev–Trinajstić information content (AvgIpc) is 2.91. The number of hydrogen-bond donors (Lipinski definition) is 0. The van der Waals surface area contributed by atoms with E-state index < -0.39 is 27.3 Å². The van der Waals surface area contributed by atoms with Gasteiger partial charge in [0.25, 0.3) is 5.91 Å². The summed E-state index contributed by atoms with van der Waals surface area (Å²) >= 11 is 7.30. The van der Waals surface area contributed by atoms with Crippen molar-refractivity contribution in [3.63, 3.8) is 0 Å². The number of hydrogen-bond acceptors (Lipinski definition) is 4. The van der Waals surface area contributed by atoms with Crippen LogP contribution in [0.4, 0.5) is 4.39 Å². The van der Waals surface area contributed by atoms with E-state index in [2.05, 4.69) is 4.99 Å². The van der Waals surface area contributed by atoms with Gasteiger partial charge in [0.2, 0.25) is 0 Å². The van der Waals surface area contributed by atoms with Gasteiger partial charge in [-0.1, -0.05) is 29.9 Å². The van der Waals surface area contributed by atoms with Gasteiger partial charge in [-0.05, 0) is 48.9 Å². The standard InChI is InChI=1S/C18H16ClFN2O3S2/c1-2-9-22-15-8-3-12(19)10-16(15)26-18(22)21-17(23)11-27(24,25)14-6-4-13(20)5-7-14/h3-8,10H,2,9,11H2,1H3. The summed E-state index contributed by atoms with van der Waals surface area (Å²) in [5.41, 5.74) is 0.888. The molecule has 5 nitrogen and oxygen atoms in total. The molecule has 0 saturated heterocycles. The highest BCUT2D eigenvalue weighted by molar-refractivity contribution is 7.92. The van der Waals surface area contributed by atoms with Crippen molar-refractivity contribution in [1.29, 1.82) is 0 Å². The number of amides is 1. The first-order valence-electron chi connectivity index (χ1n) is 8.15. The first-order chi connectivity index (χ1) is 12.8. The Balaban J connectivity index is 1.97. The molecular formula is C18H16ClFN2O3S2. The second-order valence-corrected chi connectivity index (χ2v) is 9.30. The van der Waals surface area contributed by atoms with Crippen LogP contribution in [0.25, 0.3) is 10.2 Å². The Morgan fingerprint density at radius 2 is 1.93 bits per heavy atom. The summed E-state index contributed by atoms with van der Waals surface area (Å²) in [6.45, 7) is 2.63. The number of carbonyl (C=O) groups is 1. The van der Waals surface area contributed by atoms with Crippen LogP contribution < -0.4 is 4.80 Å². The van der Waals surface area contributed by atoms with Gasteiger partial charge in [-0.2, -0.15) is 4.99 Å². The molecule has 0 aliphatic heterocycles. The summed E-state index contributed by atoms with van der Waals surface area (Å²) in [5.74, 6) is -2.10. The van der Waals surface area contributed by atoms with E-state index >= 15 is 0 Å². The quantitative estimate of drug-likeness (QED) is 0.582. The summed E-state index contributed by atoms with van der Waals surface area (Å²) in [7, 11) is -3.89. The minimum absolute atomic E-state index is 0.114. The molecule has 0 saturated carbocycles. The summed E-state index contributed by atoms with van der Waals surface area (Å²) in [6, 6.07) is 9.74. The van der Waals surface area contributed by atoms with Crippen molar-refractivity contribution in [1.82, 2.24) is 4.57 Å². The van der Waals surface area contributed by atoms with Crippen molar-refractivity contribution < 1.29 is 17.6 Å². The lowest BCUT2D eigenvalue weighted by molar-refractivity contribution is -0.115. The van der Waals surface area contributed by atoms with Crippen LogP contribution in [-0.2, 0) is 21.2 Å². The van der Waals surface area contributed by atoms with Gasteiger partial charge < -0.3 is 4.57 Å². The molecule has 1 heterocycles. The van der Waals surface area contributed by atoms with E-state index in [-0.39, 0.29) is 4.90 Å². The molecule has 0 atom stereocenters. The number of aromatic nitrogens is 1. The number of sulfone groups is 1. The smallest absolute Gasteiger partial charge is 0.263 e. The van der Waals surface area contributed by atoms with Gasteiger partial charge in [0.05, 0.1) is 15.1 Å². The molecular weight excluding hydrogens is 411 g/mol. The first-order valence-corrected chi connectivity index (χ1v) is 11.0. The van der Waals surface area contributed by atoms with Gasteiger partial charge in [0.15, 0.2) is 14.6 Å².